The summed E-state index contributed by atoms with van der Waals surface area (Å²) in [4.78, 5) is 0. The molecule has 1 aliphatic rings. The Labute approximate surface area is 83.7 Å². The van der Waals surface area contributed by atoms with Crippen LogP contribution in [0.25, 0.3) is 0 Å². The SMILES string of the molecule is CC1CNCC(c2cccc(O)c2)O1. The van der Waals surface area contributed by atoms with Crippen LogP contribution >= 0.6 is 0 Å². The summed E-state index contributed by atoms with van der Waals surface area (Å²) < 4.78 is 5.75. The fourth-order valence-corrected chi connectivity index (χ4v) is 1.72. The lowest BCUT2D eigenvalue weighted by Crippen LogP contribution is -2.38. The topological polar surface area (TPSA) is 41.5 Å². The third-order valence-corrected chi connectivity index (χ3v) is 2.40. The van der Waals surface area contributed by atoms with Gasteiger partial charge in [-0.25, -0.2) is 0 Å². The van der Waals surface area contributed by atoms with E-state index in [2.05, 4.69) is 5.32 Å². The van der Waals surface area contributed by atoms with Gasteiger partial charge in [0.05, 0.1) is 12.2 Å². The first-order valence-corrected chi connectivity index (χ1v) is 4.91. The molecule has 3 nitrogen and oxygen atoms in total. The van der Waals surface area contributed by atoms with Crippen LogP contribution in [0, 0.1) is 0 Å². The smallest absolute Gasteiger partial charge is 0.115 e. The summed E-state index contributed by atoms with van der Waals surface area (Å²) in [5.41, 5.74) is 1.03. The van der Waals surface area contributed by atoms with Crippen molar-refractivity contribution >= 4 is 0 Å². The molecule has 14 heavy (non-hydrogen) atoms. The van der Waals surface area contributed by atoms with Crippen LogP contribution in [0.5, 0.6) is 5.75 Å². The van der Waals surface area contributed by atoms with E-state index < -0.39 is 0 Å². The van der Waals surface area contributed by atoms with E-state index in [0.29, 0.717) is 5.75 Å². The Morgan fingerprint density at radius 3 is 3.00 bits per heavy atom. The van der Waals surface area contributed by atoms with Crippen molar-refractivity contribution in [1.82, 2.24) is 5.32 Å². The zero-order valence-corrected chi connectivity index (χ0v) is 8.23. The molecule has 2 atom stereocenters. The first-order valence-electron chi connectivity index (χ1n) is 4.91. The molecule has 0 aromatic heterocycles. The summed E-state index contributed by atoms with van der Waals surface area (Å²) in [7, 11) is 0. The average molecular weight is 193 g/mol. The summed E-state index contributed by atoms with van der Waals surface area (Å²) in [5, 5.41) is 12.6. The van der Waals surface area contributed by atoms with Crippen LogP contribution < -0.4 is 5.32 Å². The summed E-state index contributed by atoms with van der Waals surface area (Å²) >= 11 is 0. The molecule has 0 spiro atoms. The van der Waals surface area contributed by atoms with Crippen LogP contribution in [-0.2, 0) is 4.74 Å². The van der Waals surface area contributed by atoms with Crippen molar-refractivity contribution in [3.05, 3.63) is 29.8 Å². The molecule has 0 amide bonds. The minimum Gasteiger partial charge on any atom is -0.508 e. The van der Waals surface area contributed by atoms with E-state index in [0.717, 1.165) is 18.7 Å². The Kier molecular flexibility index (Phi) is 2.70. The van der Waals surface area contributed by atoms with Crippen LogP contribution in [0.2, 0.25) is 0 Å². The second kappa shape index (κ2) is 3.98. The van der Waals surface area contributed by atoms with Gasteiger partial charge in [0, 0.05) is 13.1 Å². The molecule has 0 radical (unpaired) electrons. The molecule has 1 saturated heterocycles. The van der Waals surface area contributed by atoms with Gasteiger partial charge >= 0.3 is 0 Å². The fraction of sp³-hybridized carbons (Fsp3) is 0.455. The number of nitrogens with one attached hydrogen (secondary N) is 1. The molecule has 0 aliphatic carbocycles. The van der Waals surface area contributed by atoms with Gasteiger partial charge in [-0.2, -0.15) is 0 Å². The van der Waals surface area contributed by atoms with Gasteiger partial charge in [-0.1, -0.05) is 12.1 Å². The van der Waals surface area contributed by atoms with E-state index in [-0.39, 0.29) is 12.2 Å². The third-order valence-electron chi connectivity index (χ3n) is 2.40. The van der Waals surface area contributed by atoms with E-state index in [1.54, 1.807) is 12.1 Å². The monoisotopic (exact) mass is 193 g/mol. The quantitative estimate of drug-likeness (QED) is 0.709. The third kappa shape index (κ3) is 2.05. The minimum atomic E-state index is 0.0610. The Balaban J connectivity index is 2.14. The van der Waals surface area contributed by atoms with Crippen LogP contribution in [0.4, 0.5) is 0 Å². The van der Waals surface area contributed by atoms with Crippen LogP contribution in [-0.4, -0.2) is 24.3 Å². The lowest BCUT2D eigenvalue weighted by molar-refractivity contribution is -0.0287. The molecule has 2 rings (SSSR count). The number of hydrogen-bond donors (Lipinski definition) is 2. The molecule has 0 bridgehead atoms. The van der Waals surface area contributed by atoms with Crippen molar-refractivity contribution < 1.29 is 9.84 Å². The molecule has 1 fully saturated rings. The highest BCUT2D eigenvalue weighted by Gasteiger charge is 2.20. The maximum atomic E-state index is 9.33. The van der Waals surface area contributed by atoms with Gasteiger partial charge in [0.15, 0.2) is 0 Å². The molecule has 1 aliphatic heterocycles. The summed E-state index contributed by atoms with van der Waals surface area (Å²) in [6.45, 7) is 3.76. The van der Waals surface area contributed by atoms with Crippen molar-refractivity contribution in [2.75, 3.05) is 13.1 Å². The first-order chi connectivity index (χ1) is 6.75. The van der Waals surface area contributed by atoms with Gasteiger partial charge in [0.2, 0.25) is 0 Å². The van der Waals surface area contributed by atoms with Crippen molar-refractivity contribution in [3.63, 3.8) is 0 Å². The zero-order chi connectivity index (χ0) is 9.97. The molecule has 0 saturated carbocycles. The number of hydrogen-bond acceptors (Lipinski definition) is 3. The Morgan fingerprint density at radius 1 is 1.43 bits per heavy atom. The average Bonchev–Trinajstić information content (AvgIpc) is 2.18. The lowest BCUT2D eigenvalue weighted by Gasteiger charge is -2.29. The van der Waals surface area contributed by atoms with Crippen molar-refractivity contribution in [2.24, 2.45) is 0 Å². The Hall–Kier alpha value is -1.06. The second-order valence-corrected chi connectivity index (χ2v) is 3.69. The number of morpholine rings is 1. The normalized spacial score (nSPS) is 27.5. The van der Waals surface area contributed by atoms with Gasteiger partial charge in [-0.3, -0.25) is 0 Å². The van der Waals surface area contributed by atoms with E-state index in [1.165, 1.54) is 0 Å². The minimum absolute atomic E-state index is 0.0610. The van der Waals surface area contributed by atoms with Crippen LogP contribution in [0.1, 0.15) is 18.6 Å². The van der Waals surface area contributed by atoms with Gasteiger partial charge in [0.25, 0.3) is 0 Å². The molecular formula is C11H15NO2. The highest BCUT2D eigenvalue weighted by molar-refractivity contribution is 5.29. The predicted molar refractivity (Wildman–Crippen MR) is 54.3 cm³/mol. The van der Waals surface area contributed by atoms with E-state index in [1.807, 2.05) is 19.1 Å². The summed E-state index contributed by atoms with van der Waals surface area (Å²) in [5.74, 6) is 0.296. The molecule has 3 heteroatoms. The molecule has 76 valence electrons. The Morgan fingerprint density at radius 2 is 2.29 bits per heavy atom. The van der Waals surface area contributed by atoms with Gasteiger partial charge in [-0.05, 0) is 24.6 Å². The molecule has 2 N–H and O–H groups in total. The maximum Gasteiger partial charge on any atom is 0.115 e. The summed E-state index contributed by atoms with van der Waals surface area (Å²) in [6, 6.07) is 7.24. The lowest BCUT2D eigenvalue weighted by atomic mass is 10.1. The van der Waals surface area contributed by atoms with Gasteiger partial charge in [0.1, 0.15) is 5.75 Å². The number of ether oxygens (including phenoxy) is 1. The molecule has 1 aromatic rings. The summed E-state index contributed by atoms with van der Waals surface area (Å²) in [6.07, 6.45) is 0.293. The van der Waals surface area contributed by atoms with Crippen molar-refractivity contribution in [1.29, 1.82) is 0 Å². The molecule has 1 aromatic carbocycles. The highest BCUT2D eigenvalue weighted by Crippen LogP contribution is 2.23. The number of benzene rings is 1. The van der Waals surface area contributed by atoms with E-state index >= 15 is 0 Å². The maximum absolute atomic E-state index is 9.33. The fourth-order valence-electron chi connectivity index (χ4n) is 1.72. The second-order valence-electron chi connectivity index (χ2n) is 3.69. The molecule has 2 unspecified atom stereocenters. The van der Waals surface area contributed by atoms with Crippen LogP contribution in [0.3, 0.4) is 0 Å². The van der Waals surface area contributed by atoms with Crippen LogP contribution in [0.15, 0.2) is 24.3 Å². The largest absolute Gasteiger partial charge is 0.508 e. The van der Waals surface area contributed by atoms with Crippen molar-refractivity contribution in [2.45, 2.75) is 19.1 Å². The Bertz CT molecular complexity index is 314. The number of aromatic hydroxyl groups is 1. The highest BCUT2D eigenvalue weighted by atomic mass is 16.5. The molecule has 1 heterocycles. The number of rotatable bonds is 1. The number of phenols is 1. The van der Waals surface area contributed by atoms with E-state index in [4.69, 9.17) is 4.74 Å². The molecular weight excluding hydrogens is 178 g/mol. The predicted octanol–water partition coefficient (Wildman–Crippen LogP) is 1.44. The van der Waals surface area contributed by atoms with Gasteiger partial charge < -0.3 is 15.2 Å². The zero-order valence-electron chi connectivity index (χ0n) is 8.23. The number of phenolic OH excluding ortho intramolecular Hbond substituents is 1. The standard InChI is InChI=1S/C11H15NO2/c1-8-6-12-7-11(14-8)9-3-2-4-10(13)5-9/h2-5,8,11-13H,6-7H2,1H3. The van der Waals surface area contributed by atoms with Gasteiger partial charge in [-0.15, -0.1) is 0 Å². The van der Waals surface area contributed by atoms with E-state index in [9.17, 15) is 5.11 Å². The first kappa shape index (κ1) is 9.49. The van der Waals surface area contributed by atoms with Crippen molar-refractivity contribution in [3.8, 4) is 5.75 Å².